The van der Waals surface area contributed by atoms with Gasteiger partial charge < -0.3 is 19.9 Å². The molecular formula is C20H29FN6O. The zero-order valence-corrected chi connectivity index (χ0v) is 16.5. The third-order valence-corrected chi connectivity index (χ3v) is 7.07. The van der Waals surface area contributed by atoms with Crippen LogP contribution in [0.4, 0.5) is 10.2 Å². The van der Waals surface area contributed by atoms with E-state index < -0.39 is 0 Å². The molecule has 3 saturated heterocycles. The summed E-state index contributed by atoms with van der Waals surface area (Å²) >= 11 is 0. The third-order valence-electron chi connectivity index (χ3n) is 7.07. The lowest BCUT2D eigenvalue weighted by molar-refractivity contribution is -0.0325. The number of likely N-dealkylation sites (tertiary alicyclic amines) is 2. The fraction of sp³-hybridized carbons (Fsp3) is 0.700. The van der Waals surface area contributed by atoms with Crippen molar-refractivity contribution >= 4 is 16.9 Å². The maximum atomic E-state index is 14.4. The Morgan fingerprint density at radius 1 is 1.21 bits per heavy atom. The Balaban J connectivity index is 1.30. The first-order valence-corrected chi connectivity index (χ1v) is 10.4. The van der Waals surface area contributed by atoms with Gasteiger partial charge in [0.2, 0.25) is 0 Å². The maximum absolute atomic E-state index is 14.4. The molecule has 2 aromatic rings. The van der Waals surface area contributed by atoms with Crippen LogP contribution in [0.15, 0.2) is 12.5 Å². The number of piperidine rings is 1. The van der Waals surface area contributed by atoms with Gasteiger partial charge in [-0.15, -0.1) is 0 Å². The van der Waals surface area contributed by atoms with Crippen LogP contribution in [-0.4, -0.2) is 69.2 Å². The van der Waals surface area contributed by atoms with Gasteiger partial charge in [0.05, 0.1) is 11.5 Å². The summed E-state index contributed by atoms with van der Waals surface area (Å²) in [6.45, 7) is 4.50. The minimum Gasteiger partial charge on any atom is -0.383 e. The molecule has 3 aliphatic rings. The molecule has 2 atom stereocenters. The molecule has 0 saturated carbocycles. The molecule has 5 rings (SSSR count). The van der Waals surface area contributed by atoms with Crippen LogP contribution in [0.5, 0.6) is 0 Å². The van der Waals surface area contributed by atoms with E-state index >= 15 is 0 Å². The Morgan fingerprint density at radius 3 is 2.86 bits per heavy atom. The van der Waals surface area contributed by atoms with Gasteiger partial charge >= 0.3 is 0 Å². The van der Waals surface area contributed by atoms with Crippen LogP contribution >= 0.6 is 0 Å². The van der Waals surface area contributed by atoms with Crippen molar-refractivity contribution in [3.63, 3.8) is 0 Å². The number of halogens is 1. The largest absolute Gasteiger partial charge is 0.383 e. The fourth-order valence-electron chi connectivity index (χ4n) is 5.43. The van der Waals surface area contributed by atoms with E-state index in [1.807, 2.05) is 0 Å². The number of ether oxygens (including phenoxy) is 1. The summed E-state index contributed by atoms with van der Waals surface area (Å²) in [5.41, 5.74) is 6.72. The second-order valence-electron chi connectivity index (χ2n) is 8.71. The molecule has 28 heavy (non-hydrogen) atoms. The minimum absolute atomic E-state index is 0.178. The first kappa shape index (κ1) is 18.3. The van der Waals surface area contributed by atoms with Crippen molar-refractivity contribution in [2.24, 2.45) is 0 Å². The molecule has 3 aliphatic heterocycles. The van der Waals surface area contributed by atoms with Crippen LogP contribution < -0.4 is 5.73 Å². The van der Waals surface area contributed by atoms with Gasteiger partial charge in [-0.1, -0.05) is 0 Å². The summed E-state index contributed by atoms with van der Waals surface area (Å²) in [7, 11) is 2.22. The third kappa shape index (κ3) is 2.98. The van der Waals surface area contributed by atoms with Crippen LogP contribution in [0.25, 0.3) is 11.0 Å². The second-order valence-corrected chi connectivity index (χ2v) is 8.71. The highest BCUT2D eigenvalue weighted by Gasteiger charge is 2.44. The highest BCUT2D eigenvalue weighted by Crippen LogP contribution is 2.40. The molecule has 2 aromatic heterocycles. The average molecular weight is 388 g/mol. The van der Waals surface area contributed by atoms with Crippen LogP contribution in [-0.2, 0) is 4.74 Å². The van der Waals surface area contributed by atoms with Gasteiger partial charge in [-0.2, -0.15) is 0 Å². The van der Waals surface area contributed by atoms with Crippen molar-refractivity contribution in [1.82, 2.24) is 24.3 Å². The molecule has 1 spiro atoms. The Kier molecular flexibility index (Phi) is 4.52. The fourth-order valence-corrected chi connectivity index (χ4v) is 5.43. The van der Waals surface area contributed by atoms with E-state index in [0.717, 1.165) is 19.4 Å². The lowest BCUT2D eigenvalue weighted by atomic mass is 9.85. The van der Waals surface area contributed by atoms with Crippen molar-refractivity contribution in [2.75, 3.05) is 39.0 Å². The smallest absolute Gasteiger partial charge is 0.154 e. The molecular weight excluding hydrogens is 359 g/mol. The monoisotopic (exact) mass is 388 g/mol. The van der Waals surface area contributed by atoms with E-state index in [1.165, 1.54) is 57.8 Å². The lowest BCUT2D eigenvalue weighted by Gasteiger charge is -2.45. The second kappa shape index (κ2) is 6.93. The first-order valence-electron chi connectivity index (χ1n) is 10.4. The number of nitrogens with zero attached hydrogens (tertiary/aromatic N) is 5. The van der Waals surface area contributed by atoms with Crippen LogP contribution in [0.3, 0.4) is 0 Å². The van der Waals surface area contributed by atoms with E-state index in [-0.39, 0.29) is 24.0 Å². The number of anilines is 1. The van der Waals surface area contributed by atoms with Gasteiger partial charge in [0, 0.05) is 18.3 Å². The average Bonchev–Trinajstić information content (AvgIpc) is 3.38. The predicted molar refractivity (Wildman–Crippen MR) is 105 cm³/mol. The number of hydrogen-bond acceptors (Lipinski definition) is 6. The van der Waals surface area contributed by atoms with E-state index in [0.29, 0.717) is 16.6 Å². The Hall–Kier alpha value is -1.77. The van der Waals surface area contributed by atoms with E-state index in [9.17, 15) is 4.39 Å². The van der Waals surface area contributed by atoms with E-state index in [1.54, 1.807) is 4.57 Å². The van der Waals surface area contributed by atoms with Crippen molar-refractivity contribution in [2.45, 2.75) is 56.4 Å². The summed E-state index contributed by atoms with van der Waals surface area (Å²) in [6.07, 6.45) is 9.77. The highest BCUT2D eigenvalue weighted by molar-refractivity contribution is 5.86. The Morgan fingerprint density at radius 2 is 2.04 bits per heavy atom. The number of nitrogens with two attached hydrogens (primary N) is 1. The Labute approximate surface area is 164 Å². The molecule has 8 heteroatoms. The summed E-state index contributed by atoms with van der Waals surface area (Å²) in [5.74, 6) is -0.206. The number of nitrogen functional groups attached to an aromatic ring is 1. The number of fused-ring (bicyclic) bond motifs is 1. The molecule has 0 amide bonds. The molecule has 152 valence electrons. The van der Waals surface area contributed by atoms with Crippen molar-refractivity contribution < 1.29 is 9.13 Å². The van der Waals surface area contributed by atoms with Crippen molar-refractivity contribution in [3.05, 3.63) is 18.3 Å². The number of rotatable bonds is 3. The maximum Gasteiger partial charge on any atom is 0.154 e. The number of aromatic nitrogens is 3. The topological polar surface area (TPSA) is 72.4 Å². The SMILES string of the molecule is CN1CCC2(CCCN2CC2CCC(n3cc(F)c4c(N)ncnc43)O2)CC1. The summed E-state index contributed by atoms with van der Waals surface area (Å²) in [5, 5.41) is 0.291. The molecule has 0 aliphatic carbocycles. The Bertz CT molecular complexity index is 862. The quantitative estimate of drug-likeness (QED) is 0.871. The standard InChI is InChI=1S/C20H29FN6O/c1-25-9-6-20(7-10-25)5-2-8-26(20)11-14-3-4-16(28-14)27-12-15(21)17-18(22)23-13-24-19(17)27/h12-14,16H,2-11H2,1H3,(H2,22,23,24). The molecule has 2 N–H and O–H groups in total. The summed E-state index contributed by atoms with van der Waals surface area (Å²) in [4.78, 5) is 13.3. The van der Waals surface area contributed by atoms with Crippen molar-refractivity contribution in [3.8, 4) is 0 Å². The van der Waals surface area contributed by atoms with Gasteiger partial charge in [-0.05, 0) is 65.2 Å². The summed E-state index contributed by atoms with van der Waals surface area (Å²) < 4.78 is 22.5. The van der Waals surface area contributed by atoms with E-state index in [2.05, 4.69) is 26.8 Å². The number of hydrogen-bond donors (Lipinski definition) is 1. The normalized spacial score (nSPS) is 28.6. The first-order chi connectivity index (χ1) is 13.6. The van der Waals surface area contributed by atoms with Crippen LogP contribution in [0, 0.1) is 5.82 Å². The lowest BCUT2D eigenvalue weighted by Crippen LogP contribution is -2.53. The minimum atomic E-state index is -0.384. The molecule has 3 fully saturated rings. The molecule has 7 nitrogen and oxygen atoms in total. The molecule has 0 bridgehead atoms. The van der Waals surface area contributed by atoms with E-state index in [4.69, 9.17) is 10.5 Å². The van der Waals surface area contributed by atoms with Gasteiger partial charge in [0.1, 0.15) is 18.4 Å². The van der Waals surface area contributed by atoms with Gasteiger partial charge in [-0.3, -0.25) is 4.90 Å². The zero-order chi connectivity index (χ0) is 19.3. The van der Waals surface area contributed by atoms with Crippen LogP contribution in [0.2, 0.25) is 0 Å². The predicted octanol–water partition coefficient (Wildman–Crippen LogP) is 2.39. The zero-order valence-electron chi connectivity index (χ0n) is 16.5. The highest BCUT2D eigenvalue weighted by atomic mass is 19.1. The summed E-state index contributed by atoms with van der Waals surface area (Å²) in [6, 6.07) is 0. The van der Waals surface area contributed by atoms with Gasteiger partial charge in [0.15, 0.2) is 11.5 Å². The molecule has 2 unspecified atom stereocenters. The van der Waals surface area contributed by atoms with Gasteiger partial charge in [-0.25, -0.2) is 14.4 Å². The molecule has 0 aromatic carbocycles. The molecule has 0 radical (unpaired) electrons. The molecule has 5 heterocycles. The van der Waals surface area contributed by atoms with Gasteiger partial charge in [0.25, 0.3) is 0 Å². The van der Waals surface area contributed by atoms with Crippen LogP contribution in [0.1, 0.15) is 44.8 Å². The van der Waals surface area contributed by atoms with Crippen molar-refractivity contribution in [1.29, 1.82) is 0 Å².